The van der Waals surface area contributed by atoms with Crippen LogP contribution in [-0.2, 0) is 24.2 Å². The van der Waals surface area contributed by atoms with Gasteiger partial charge in [-0.2, -0.15) is 0 Å². The Balaban J connectivity index is 2.30. The Morgan fingerprint density at radius 1 is 1.47 bits per heavy atom. The first-order valence-corrected chi connectivity index (χ1v) is 5.78. The van der Waals surface area contributed by atoms with Crippen LogP contribution in [-0.4, -0.2) is 11.1 Å². The summed E-state index contributed by atoms with van der Waals surface area (Å²) in [5, 5.41) is 0. The molecule has 0 bridgehead atoms. The zero-order valence-electron chi connectivity index (χ0n) is 9.79. The van der Waals surface area contributed by atoms with Crippen molar-refractivity contribution >= 4 is 0 Å². The highest BCUT2D eigenvalue weighted by Gasteiger charge is 2.23. The number of nitrogens with zero attached hydrogens (tertiary/aromatic N) is 1. The molecule has 0 aromatic carbocycles. The lowest BCUT2D eigenvalue weighted by atomic mass is 9.91. The Morgan fingerprint density at radius 2 is 2.27 bits per heavy atom. The van der Waals surface area contributed by atoms with Gasteiger partial charge in [-0.25, -0.2) is 0 Å². The molecule has 1 unspecified atom stereocenters. The zero-order valence-corrected chi connectivity index (χ0v) is 9.79. The predicted molar refractivity (Wildman–Crippen MR) is 60.7 cm³/mol. The average Bonchev–Trinajstić information content (AvgIpc) is 2.27. The molecular weight excluding hydrogens is 186 g/mol. The van der Waals surface area contributed by atoms with Gasteiger partial charge in [0.05, 0.1) is 12.7 Å². The number of rotatable bonds is 2. The number of fused-ring (bicyclic) bond motifs is 1. The van der Waals surface area contributed by atoms with E-state index >= 15 is 0 Å². The SMILES string of the molecule is CCc1cncc2c1CC(C(C)C)OC2. The van der Waals surface area contributed by atoms with E-state index in [-0.39, 0.29) is 0 Å². The Bertz CT molecular complexity index is 332. The van der Waals surface area contributed by atoms with Gasteiger partial charge in [0.15, 0.2) is 0 Å². The second-order valence-corrected chi connectivity index (χ2v) is 4.59. The molecule has 1 aliphatic rings. The van der Waals surface area contributed by atoms with Crippen LogP contribution in [0.4, 0.5) is 0 Å². The molecule has 0 N–H and O–H groups in total. The minimum Gasteiger partial charge on any atom is -0.373 e. The first-order valence-electron chi connectivity index (χ1n) is 5.78. The standard InChI is InChI=1S/C13H19NO/c1-4-10-6-14-7-11-8-15-13(9(2)3)5-12(10)11/h6-7,9,13H,4-5,8H2,1-3H3. The van der Waals surface area contributed by atoms with Crippen molar-refractivity contribution in [2.75, 3.05) is 0 Å². The molecule has 1 aliphatic heterocycles. The van der Waals surface area contributed by atoms with Crippen LogP contribution in [0.5, 0.6) is 0 Å². The smallest absolute Gasteiger partial charge is 0.0738 e. The number of pyridine rings is 1. The van der Waals surface area contributed by atoms with E-state index in [1.807, 2.05) is 12.4 Å². The average molecular weight is 205 g/mol. The van der Waals surface area contributed by atoms with Gasteiger partial charge in [-0.05, 0) is 35.4 Å². The molecule has 0 saturated carbocycles. The first-order chi connectivity index (χ1) is 7.22. The van der Waals surface area contributed by atoms with Crippen LogP contribution in [0, 0.1) is 5.92 Å². The summed E-state index contributed by atoms with van der Waals surface area (Å²) in [4.78, 5) is 4.26. The summed E-state index contributed by atoms with van der Waals surface area (Å²) in [5.74, 6) is 0.594. The van der Waals surface area contributed by atoms with Crippen LogP contribution in [0.1, 0.15) is 37.5 Å². The molecule has 0 spiro atoms. The van der Waals surface area contributed by atoms with Crippen LogP contribution < -0.4 is 0 Å². The van der Waals surface area contributed by atoms with Crippen molar-refractivity contribution in [2.24, 2.45) is 5.92 Å². The third-order valence-corrected chi connectivity index (χ3v) is 3.22. The third-order valence-electron chi connectivity index (χ3n) is 3.22. The minimum absolute atomic E-state index is 0.380. The van der Waals surface area contributed by atoms with Gasteiger partial charge < -0.3 is 4.74 Å². The Labute approximate surface area is 91.7 Å². The Morgan fingerprint density at radius 3 is 2.93 bits per heavy atom. The molecule has 15 heavy (non-hydrogen) atoms. The van der Waals surface area contributed by atoms with Crippen molar-refractivity contribution in [1.29, 1.82) is 0 Å². The number of hydrogen-bond donors (Lipinski definition) is 0. The van der Waals surface area contributed by atoms with E-state index in [9.17, 15) is 0 Å². The van der Waals surface area contributed by atoms with Gasteiger partial charge in [-0.15, -0.1) is 0 Å². The van der Waals surface area contributed by atoms with Crippen LogP contribution in [0.3, 0.4) is 0 Å². The van der Waals surface area contributed by atoms with Crippen molar-refractivity contribution in [3.05, 3.63) is 29.1 Å². The topological polar surface area (TPSA) is 22.1 Å². The lowest BCUT2D eigenvalue weighted by Gasteiger charge is -2.29. The molecule has 0 radical (unpaired) electrons. The summed E-state index contributed by atoms with van der Waals surface area (Å²) in [6.07, 6.45) is 6.46. The van der Waals surface area contributed by atoms with Crippen molar-refractivity contribution in [3.63, 3.8) is 0 Å². The maximum Gasteiger partial charge on any atom is 0.0738 e. The molecular formula is C13H19NO. The number of ether oxygens (including phenoxy) is 1. The quantitative estimate of drug-likeness (QED) is 0.740. The Hall–Kier alpha value is -0.890. The van der Waals surface area contributed by atoms with Gasteiger partial charge in [-0.3, -0.25) is 4.98 Å². The molecule has 0 saturated heterocycles. The molecule has 2 nitrogen and oxygen atoms in total. The molecule has 1 aromatic heterocycles. The monoisotopic (exact) mass is 205 g/mol. The van der Waals surface area contributed by atoms with E-state index in [0.29, 0.717) is 12.0 Å². The number of hydrogen-bond acceptors (Lipinski definition) is 2. The van der Waals surface area contributed by atoms with E-state index in [4.69, 9.17) is 4.74 Å². The summed E-state index contributed by atoms with van der Waals surface area (Å²) in [6.45, 7) is 7.38. The van der Waals surface area contributed by atoms with E-state index in [0.717, 1.165) is 19.4 Å². The number of aromatic nitrogens is 1. The third kappa shape index (κ3) is 2.05. The summed E-state index contributed by atoms with van der Waals surface area (Å²) < 4.78 is 5.83. The molecule has 1 aromatic rings. The highest BCUT2D eigenvalue weighted by Crippen LogP contribution is 2.26. The van der Waals surface area contributed by atoms with Crippen LogP contribution in [0.2, 0.25) is 0 Å². The van der Waals surface area contributed by atoms with E-state index < -0.39 is 0 Å². The first kappa shape index (κ1) is 10.6. The molecule has 2 rings (SSSR count). The normalized spacial score (nSPS) is 20.4. The van der Waals surface area contributed by atoms with Crippen LogP contribution in [0.15, 0.2) is 12.4 Å². The molecule has 1 atom stereocenters. The molecule has 0 fully saturated rings. The zero-order chi connectivity index (χ0) is 10.8. The van der Waals surface area contributed by atoms with E-state index in [1.54, 1.807) is 0 Å². The van der Waals surface area contributed by atoms with Crippen LogP contribution in [0.25, 0.3) is 0 Å². The van der Waals surface area contributed by atoms with Gasteiger partial charge in [-0.1, -0.05) is 20.8 Å². The maximum atomic E-state index is 5.83. The summed E-state index contributed by atoms with van der Waals surface area (Å²) in [6, 6.07) is 0. The van der Waals surface area contributed by atoms with Crippen molar-refractivity contribution in [2.45, 2.75) is 46.3 Å². The molecule has 82 valence electrons. The van der Waals surface area contributed by atoms with Gasteiger partial charge in [0.2, 0.25) is 0 Å². The summed E-state index contributed by atoms with van der Waals surface area (Å²) in [7, 11) is 0. The highest BCUT2D eigenvalue weighted by molar-refractivity contribution is 5.33. The fourth-order valence-electron chi connectivity index (χ4n) is 2.16. The molecule has 2 heterocycles. The van der Waals surface area contributed by atoms with Crippen molar-refractivity contribution in [1.82, 2.24) is 4.98 Å². The van der Waals surface area contributed by atoms with Gasteiger partial charge >= 0.3 is 0 Å². The summed E-state index contributed by atoms with van der Waals surface area (Å²) in [5.41, 5.74) is 4.16. The molecule has 0 amide bonds. The highest BCUT2D eigenvalue weighted by atomic mass is 16.5. The lowest BCUT2D eigenvalue weighted by Crippen LogP contribution is -2.28. The van der Waals surface area contributed by atoms with Gasteiger partial charge in [0.25, 0.3) is 0 Å². The van der Waals surface area contributed by atoms with Gasteiger partial charge in [0, 0.05) is 12.4 Å². The molecule has 2 heteroatoms. The largest absolute Gasteiger partial charge is 0.373 e. The van der Waals surface area contributed by atoms with E-state index in [2.05, 4.69) is 25.8 Å². The fourth-order valence-corrected chi connectivity index (χ4v) is 2.16. The van der Waals surface area contributed by atoms with Crippen LogP contribution >= 0.6 is 0 Å². The van der Waals surface area contributed by atoms with Crippen molar-refractivity contribution in [3.8, 4) is 0 Å². The van der Waals surface area contributed by atoms with Crippen molar-refractivity contribution < 1.29 is 4.74 Å². The number of aryl methyl sites for hydroxylation is 1. The maximum absolute atomic E-state index is 5.83. The second-order valence-electron chi connectivity index (χ2n) is 4.59. The lowest BCUT2D eigenvalue weighted by molar-refractivity contribution is -0.000729. The van der Waals surface area contributed by atoms with E-state index in [1.165, 1.54) is 16.7 Å². The Kier molecular flexibility index (Phi) is 3.06. The summed E-state index contributed by atoms with van der Waals surface area (Å²) >= 11 is 0. The fraction of sp³-hybridized carbons (Fsp3) is 0.615. The minimum atomic E-state index is 0.380. The molecule has 0 aliphatic carbocycles. The van der Waals surface area contributed by atoms with Gasteiger partial charge in [0.1, 0.15) is 0 Å². The predicted octanol–water partition coefficient (Wildman–Crippen LogP) is 2.74. The second kappa shape index (κ2) is 4.31.